The number of hydrogen-bond acceptors (Lipinski definition) is 2. The van der Waals surface area contributed by atoms with Crippen molar-refractivity contribution in [3.63, 3.8) is 0 Å². The Balaban J connectivity index is 2.09. The SMILES string of the molecule is CCOc1ccc(Br)cc1/C=C/C(=O)Nc1ccc(Br)cc1. The molecule has 0 fully saturated rings. The van der Waals surface area contributed by atoms with Gasteiger partial charge in [-0.1, -0.05) is 31.9 Å². The number of halogens is 2. The molecule has 0 aliphatic carbocycles. The molecule has 0 aliphatic heterocycles. The molecular formula is C17H15Br2NO2. The van der Waals surface area contributed by atoms with E-state index in [9.17, 15) is 4.79 Å². The van der Waals surface area contributed by atoms with Gasteiger partial charge in [-0.15, -0.1) is 0 Å². The molecule has 0 heterocycles. The van der Waals surface area contributed by atoms with Crippen LogP contribution in [0.3, 0.4) is 0 Å². The van der Waals surface area contributed by atoms with Crippen LogP contribution < -0.4 is 10.1 Å². The van der Waals surface area contributed by atoms with Crippen LogP contribution in [0.2, 0.25) is 0 Å². The number of hydrogen-bond donors (Lipinski definition) is 1. The van der Waals surface area contributed by atoms with E-state index in [1.807, 2.05) is 49.4 Å². The highest BCUT2D eigenvalue weighted by molar-refractivity contribution is 9.10. The topological polar surface area (TPSA) is 38.3 Å². The highest BCUT2D eigenvalue weighted by atomic mass is 79.9. The molecule has 0 atom stereocenters. The second-order valence-corrected chi connectivity index (χ2v) is 6.28. The molecule has 0 aromatic heterocycles. The summed E-state index contributed by atoms with van der Waals surface area (Å²) in [6.45, 7) is 2.50. The summed E-state index contributed by atoms with van der Waals surface area (Å²) in [6, 6.07) is 13.1. The summed E-state index contributed by atoms with van der Waals surface area (Å²) in [4.78, 5) is 12.0. The molecule has 114 valence electrons. The predicted octanol–water partition coefficient (Wildman–Crippen LogP) is 5.26. The molecule has 2 rings (SSSR count). The van der Waals surface area contributed by atoms with Crippen molar-refractivity contribution in [2.75, 3.05) is 11.9 Å². The van der Waals surface area contributed by atoms with Crippen LogP contribution in [0.5, 0.6) is 5.75 Å². The van der Waals surface area contributed by atoms with Gasteiger partial charge in [-0.25, -0.2) is 0 Å². The lowest BCUT2D eigenvalue weighted by atomic mass is 10.2. The zero-order valence-corrected chi connectivity index (χ0v) is 15.1. The number of rotatable bonds is 5. The Kier molecular flexibility index (Phi) is 6.21. The zero-order chi connectivity index (χ0) is 15.9. The van der Waals surface area contributed by atoms with Crippen LogP contribution in [0, 0.1) is 0 Å². The minimum Gasteiger partial charge on any atom is -0.493 e. The largest absolute Gasteiger partial charge is 0.493 e. The van der Waals surface area contributed by atoms with Crippen molar-refractivity contribution in [1.82, 2.24) is 0 Å². The fourth-order valence-corrected chi connectivity index (χ4v) is 2.46. The Hall–Kier alpha value is -1.59. The second-order valence-electron chi connectivity index (χ2n) is 4.44. The maximum atomic E-state index is 12.0. The van der Waals surface area contributed by atoms with Gasteiger partial charge in [0.05, 0.1) is 6.61 Å². The maximum absolute atomic E-state index is 12.0. The van der Waals surface area contributed by atoms with Crippen LogP contribution in [-0.4, -0.2) is 12.5 Å². The lowest BCUT2D eigenvalue weighted by Gasteiger charge is -2.07. The molecule has 0 spiro atoms. The first kappa shape index (κ1) is 16.8. The summed E-state index contributed by atoms with van der Waals surface area (Å²) in [5, 5.41) is 2.81. The first-order chi connectivity index (χ1) is 10.6. The molecule has 3 nitrogen and oxygen atoms in total. The molecule has 0 saturated heterocycles. The van der Waals surface area contributed by atoms with Gasteiger partial charge in [-0.3, -0.25) is 4.79 Å². The molecule has 1 amide bonds. The third-order valence-electron chi connectivity index (χ3n) is 2.80. The fourth-order valence-electron chi connectivity index (χ4n) is 1.82. The molecule has 5 heteroatoms. The molecule has 2 aromatic carbocycles. The van der Waals surface area contributed by atoms with Gasteiger partial charge in [0.25, 0.3) is 0 Å². The van der Waals surface area contributed by atoms with E-state index >= 15 is 0 Å². The number of carbonyl (C=O) groups is 1. The van der Waals surface area contributed by atoms with Gasteiger partial charge in [0.2, 0.25) is 5.91 Å². The lowest BCUT2D eigenvalue weighted by Crippen LogP contribution is -2.07. The highest BCUT2D eigenvalue weighted by Gasteiger charge is 2.03. The minimum atomic E-state index is -0.190. The minimum absolute atomic E-state index is 0.190. The Bertz CT molecular complexity index is 682. The maximum Gasteiger partial charge on any atom is 0.248 e. The van der Waals surface area contributed by atoms with Crippen molar-refractivity contribution in [2.24, 2.45) is 0 Å². The lowest BCUT2D eigenvalue weighted by molar-refractivity contribution is -0.111. The van der Waals surface area contributed by atoms with Gasteiger partial charge in [0, 0.05) is 26.3 Å². The van der Waals surface area contributed by atoms with Crippen molar-refractivity contribution in [3.05, 3.63) is 63.0 Å². The summed E-state index contributed by atoms with van der Waals surface area (Å²) in [6.07, 6.45) is 3.23. The average molecular weight is 425 g/mol. The molecule has 0 unspecified atom stereocenters. The Morgan fingerprint density at radius 2 is 1.82 bits per heavy atom. The average Bonchev–Trinajstić information content (AvgIpc) is 2.50. The van der Waals surface area contributed by atoms with Gasteiger partial charge < -0.3 is 10.1 Å². The van der Waals surface area contributed by atoms with E-state index in [2.05, 4.69) is 37.2 Å². The van der Waals surface area contributed by atoms with Gasteiger partial charge in [0.1, 0.15) is 5.75 Å². The van der Waals surface area contributed by atoms with E-state index in [4.69, 9.17) is 4.74 Å². The van der Waals surface area contributed by atoms with Crippen LogP contribution in [-0.2, 0) is 4.79 Å². The van der Waals surface area contributed by atoms with Crippen molar-refractivity contribution < 1.29 is 9.53 Å². The van der Waals surface area contributed by atoms with E-state index in [1.165, 1.54) is 6.08 Å². The van der Waals surface area contributed by atoms with Crippen molar-refractivity contribution in [3.8, 4) is 5.75 Å². The summed E-state index contributed by atoms with van der Waals surface area (Å²) in [7, 11) is 0. The Labute approximate surface area is 146 Å². The first-order valence-corrected chi connectivity index (χ1v) is 8.34. The molecular weight excluding hydrogens is 410 g/mol. The van der Waals surface area contributed by atoms with Crippen molar-refractivity contribution in [1.29, 1.82) is 0 Å². The third-order valence-corrected chi connectivity index (χ3v) is 3.82. The number of ether oxygens (including phenoxy) is 1. The number of benzene rings is 2. The molecule has 22 heavy (non-hydrogen) atoms. The van der Waals surface area contributed by atoms with Gasteiger partial charge in [-0.05, 0) is 55.5 Å². The smallest absolute Gasteiger partial charge is 0.248 e. The monoisotopic (exact) mass is 423 g/mol. The summed E-state index contributed by atoms with van der Waals surface area (Å²) in [5.74, 6) is 0.558. The van der Waals surface area contributed by atoms with E-state index in [0.717, 1.165) is 25.9 Å². The Morgan fingerprint density at radius 1 is 1.14 bits per heavy atom. The Morgan fingerprint density at radius 3 is 2.50 bits per heavy atom. The molecule has 0 bridgehead atoms. The first-order valence-electron chi connectivity index (χ1n) is 6.75. The number of amides is 1. The van der Waals surface area contributed by atoms with Crippen LogP contribution in [0.1, 0.15) is 12.5 Å². The molecule has 0 saturated carbocycles. The standard InChI is InChI=1S/C17H15Br2NO2/c1-2-22-16-9-6-14(19)11-12(16)3-10-17(21)20-15-7-4-13(18)5-8-15/h3-11H,2H2,1H3,(H,20,21)/b10-3+. The fraction of sp³-hybridized carbons (Fsp3) is 0.118. The third kappa shape index (κ3) is 5.00. The number of carbonyl (C=O) groups excluding carboxylic acids is 1. The summed E-state index contributed by atoms with van der Waals surface area (Å²) >= 11 is 6.78. The van der Waals surface area contributed by atoms with Crippen LogP contribution in [0.25, 0.3) is 6.08 Å². The molecule has 2 aromatic rings. The highest BCUT2D eigenvalue weighted by Crippen LogP contribution is 2.24. The van der Waals surface area contributed by atoms with Gasteiger partial charge in [0.15, 0.2) is 0 Å². The number of nitrogens with one attached hydrogen (secondary N) is 1. The summed E-state index contributed by atoms with van der Waals surface area (Å²) < 4.78 is 7.45. The quantitative estimate of drug-likeness (QED) is 0.664. The normalized spacial score (nSPS) is 10.7. The van der Waals surface area contributed by atoms with Gasteiger partial charge in [-0.2, -0.15) is 0 Å². The van der Waals surface area contributed by atoms with E-state index in [0.29, 0.717) is 6.61 Å². The van der Waals surface area contributed by atoms with E-state index in [-0.39, 0.29) is 5.91 Å². The number of anilines is 1. The molecule has 1 N–H and O–H groups in total. The van der Waals surface area contributed by atoms with E-state index < -0.39 is 0 Å². The predicted molar refractivity (Wildman–Crippen MR) is 97.1 cm³/mol. The van der Waals surface area contributed by atoms with Crippen molar-refractivity contribution >= 4 is 49.5 Å². The second kappa shape index (κ2) is 8.15. The van der Waals surface area contributed by atoms with E-state index in [1.54, 1.807) is 6.08 Å². The zero-order valence-electron chi connectivity index (χ0n) is 12.0. The molecule has 0 aliphatic rings. The summed E-state index contributed by atoms with van der Waals surface area (Å²) in [5.41, 5.74) is 1.60. The van der Waals surface area contributed by atoms with Crippen molar-refractivity contribution in [2.45, 2.75) is 6.92 Å². The van der Waals surface area contributed by atoms with Crippen LogP contribution in [0.15, 0.2) is 57.5 Å². The van der Waals surface area contributed by atoms with Crippen LogP contribution >= 0.6 is 31.9 Å². The van der Waals surface area contributed by atoms with Crippen LogP contribution in [0.4, 0.5) is 5.69 Å². The van der Waals surface area contributed by atoms with Gasteiger partial charge >= 0.3 is 0 Å². The molecule has 0 radical (unpaired) electrons.